The average molecular weight is 422 g/mol. The fourth-order valence-corrected chi connectivity index (χ4v) is 3.59. The molecule has 0 unspecified atom stereocenters. The van der Waals surface area contributed by atoms with Gasteiger partial charge in [-0.15, -0.1) is 12.4 Å². The third kappa shape index (κ3) is 6.26. The molecule has 160 valence electrons. The number of halogens is 1. The number of carbonyl (C=O) groups excluding carboxylic acids is 1. The molecule has 1 aliphatic heterocycles. The fourth-order valence-electron chi connectivity index (χ4n) is 3.59. The molecule has 0 saturated carbocycles. The number of aryl methyl sites for hydroxylation is 1. The zero-order valence-electron chi connectivity index (χ0n) is 17.2. The van der Waals surface area contributed by atoms with Gasteiger partial charge in [-0.3, -0.25) is 9.59 Å². The van der Waals surface area contributed by atoms with Crippen LogP contribution in [0.3, 0.4) is 0 Å². The van der Waals surface area contributed by atoms with Crippen LogP contribution in [0.15, 0.2) is 29.1 Å². The minimum atomic E-state index is -0.208. The highest BCUT2D eigenvalue weighted by Gasteiger charge is 2.16. The Morgan fingerprint density at radius 1 is 1.10 bits per heavy atom. The van der Waals surface area contributed by atoms with Crippen LogP contribution in [0.1, 0.15) is 43.1 Å². The van der Waals surface area contributed by atoms with E-state index in [1.54, 1.807) is 12.1 Å². The Hall–Kier alpha value is -1.96. The van der Waals surface area contributed by atoms with E-state index < -0.39 is 0 Å². The molecule has 2 heterocycles. The Balaban J connectivity index is 0.00000300. The standard InChI is InChI=1S/C21H31N5O2.ClH/c1-2-3-6-14-26-21(28)18-9-5-4-8-17(18)19(24-26)20(27)23-10-7-13-25-15-11-22-12-16-25;/h4-5,8-9,22H,2-3,6-7,10-16H2,1H3,(H,23,27);1H. The Morgan fingerprint density at radius 3 is 2.55 bits per heavy atom. The average Bonchev–Trinajstić information content (AvgIpc) is 2.73. The summed E-state index contributed by atoms with van der Waals surface area (Å²) < 4.78 is 1.45. The molecule has 1 aliphatic rings. The van der Waals surface area contributed by atoms with E-state index >= 15 is 0 Å². The lowest BCUT2D eigenvalue weighted by Crippen LogP contribution is -2.44. The summed E-state index contributed by atoms with van der Waals surface area (Å²) in [6.45, 7) is 8.42. The first-order valence-corrected chi connectivity index (χ1v) is 10.4. The molecular weight excluding hydrogens is 390 g/mol. The molecule has 0 bridgehead atoms. The van der Waals surface area contributed by atoms with E-state index in [1.165, 1.54) is 4.68 Å². The van der Waals surface area contributed by atoms with Gasteiger partial charge in [0.15, 0.2) is 5.69 Å². The molecule has 0 atom stereocenters. The smallest absolute Gasteiger partial charge is 0.274 e. The van der Waals surface area contributed by atoms with E-state index in [9.17, 15) is 9.59 Å². The molecule has 0 aliphatic carbocycles. The lowest BCUT2D eigenvalue weighted by Gasteiger charge is -2.27. The summed E-state index contributed by atoms with van der Waals surface area (Å²) in [4.78, 5) is 27.9. The summed E-state index contributed by atoms with van der Waals surface area (Å²) >= 11 is 0. The van der Waals surface area contributed by atoms with Crippen LogP contribution in [0, 0.1) is 0 Å². The van der Waals surface area contributed by atoms with Crippen molar-refractivity contribution < 1.29 is 4.79 Å². The molecule has 29 heavy (non-hydrogen) atoms. The maximum atomic E-state index is 12.8. The Kier molecular flexibility index (Phi) is 9.57. The van der Waals surface area contributed by atoms with E-state index in [0.717, 1.165) is 58.4 Å². The minimum Gasteiger partial charge on any atom is -0.351 e. The van der Waals surface area contributed by atoms with E-state index in [2.05, 4.69) is 27.6 Å². The predicted molar refractivity (Wildman–Crippen MR) is 119 cm³/mol. The molecule has 2 N–H and O–H groups in total. The number of aromatic nitrogens is 2. The molecular formula is C21H32ClN5O2. The Labute approximate surface area is 178 Å². The van der Waals surface area contributed by atoms with Gasteiger partial charge in [0, 0.05) is 44.7 Å². The van der Waals surface area contributed by atoms with Crippen molar-refractivity contribution in [3.8, 4) is 0 Å². The van der Waals surface area contributed by atoms with Gasteiger partial charge in [0.2, 0.25) is 0 Å². The highest BCUT2D eigenvalue weighted by atomic mass is 35.5. The van der Waals surface area contributed by atoms with Crippen LogP contribution in [-0.4, -0.2) is 59.9 Å². The summed E-state index contributed by atoms with van der Waals surface area (Å²) in [5.74, 6) is -0.208. The molecule has 1 fully saturated rings. The van der Waals surface area contributed by atoms with Crippen LogP contribution < -0.4 is 16.2 Å². The molecule has 0 spiro atoms. The van der Waals surface area contributed by atoms with Crippen molar-refractivity contribution in [1.82, 2.24) is 25.3 Å². The van der Waals surface area contributed by atoms with Gasteiger partial charge < -0.3 is 15.5 Å². The summed E-state index contributed by atoms with van der Waals surface area (Å²) in [6, 6.07) is 7.24. The number of nitrogens with zero attached hydrogens (tertiary/aromatic N) is 3. The van der Waals surface area contributed by atoms with Gasteiger partial charge in [-0.1, -0.05) is 38.0 Å². The largest absolute Gasteiger partial charge is 0.351 e. The minimum absolute atomic E-state index is 0. The topological polar surface area (TPSA) is 79.3 Å². The van der Waals surface area contributed by atoms with Crippen molar-refractivity contribution in [3.63, 3.8) is 0 Å². The second-order valence-corrected chi connectivity index (χ2v) is 7.33. The molecule has 0 radical (unpaired) electrons. The monoisotopic (exact) mass is 421 g/mol. The number of unbranched alkanes of at least 4 members (excludes halogenated alkanes) is 2. The summed E-state index contributed by atoms with van der Waals surface area (Å²) in [5.41, 5.74) is 0.218. The third-order valence-corrected chi connectivity index (χ3v) is 5.20. The number of nitrogens with one attached hydrogen (secondary N) is 2. The van der Waals surface area contributed by atoms with Gasteiger partial charge in [-0.25, -0.2) is 4.68 Å². The zero-order valence-corrected chi connectivity index (χ0v) is 18.0. The predicted octanol–water partition coefficient (Wildman–Crippen LogP) is 2.03. The van der Waals surface area contributed by atoms with Crippen molar-refractivity contribution in [2.45, 2.75) is 39.2 Å². The second-order valence-electron chi connectivity index (χ2n) is 7.33. The molecule has 2 aromatic rings. The third-order valence-electron chi connectivity index (χ3n) is 5.20. The van der Waals surface area contributed by atoms with Crippen LogP contribution in [0.25, 0.3) is 10.8 Å². The number of piperazine rings is 1. The summed E-state index contributed by atoms with van der Waals surface area (Å²) in [5, 5.41) is 11.9. The van der Waals surface area contributed by atoms with Crippen molar-refractivity contribution in [1.29, 1.82) is 0 Å². The highest BCUT2D eigenvalue weighted by molar-refractivity contribution is 6.04. The normalized spacial score (nSPS) is 14.5. The SMILES string of the molecule is CCCCCn1nc(C(=O)NCCCN2CCNCC2)c2ccccc2c1=O.Cl. The highest BCUT2D eigenvalue weighted by Crippen LogP contribution is 2.13. The maximum Gasteiger partial charge on any atom is 0.274 e. The van der Waals surface area contributed by atoms with Gasteiger partial charge >= 0.3 is 0 Å². The van der Waals surface area contributed by atoms with Gasteiger partial charge in [-0.05, 0) is 25.5 Å². The number of fused-ring (bicyclic) bond motifs is 1. The van der Waals surface area contributed by atoms with Crippen molar-refractivity contribution in [2.24, 2.45) is 0 Å². The lowest BCUT2D eigenvalue weighted by atomic mass is 10.1. The van der Waals surface area contributed by atoms with Gasteiger partial charge in [0.05, 0.1) is 5.39 Å². The van der Waals surface area contributed by atoms with Crippen molar-refractivity contribution in [3.05, 3.63) is 40.3 Å². The molecule has 3 rings (SSSR count). The van der Waals surface area contributed by atoms with Crippen LogP contribution in [0.4, 0.5) is 0 Å². The summed E-state index contributed by atoms with van der Waals surface area (Å²) in [6.07, 6.45) is 3.89. The number of carbonyl (C=O) groups is 1. The van der Waals surface area contributed by atoms with E-state index in [-0.39, 0.29) is 23.9 Å². The molecule has 7 nitrogen and oxygen atoms in total. The second kappa shape index (κ2) is 11.9. The van der Waals surface area contributed by atoms with E-state index in [4.69, 9.17) is 0 Å². The number of amides is 1. The van der Waals surface area contributed by atoms with Crippen LogP contribution in [-0.2, 0) is 6.54 Å². The summed E-state index contributed by atoms with van der Waals surface area (Å²) in [7, 11) is 0. The maximum absolute atomic E-state index is 12.8. The number of rotatable bonds is 9. The molecule has 1 amide bonds. The van der Waals surface area contributed by atoms with Gasteiger partial charge in [0.25, 0.3) is 11.5 Å². The van der Waals surface area contributed by atoms with Crippen molar-refractivity contribution >= 4 is 29.1 Å². The molecule has 1 aromatic carbocycles. The van der Waals surface area contributed by atoms with Gasteiger partial charge in [-0.2, -0.15) is 5.10 Å². The first-order chi connectivity index (χ1) is 13.7. The van der Waals surface area contributed by atoms with E-state index in [1.807, 2.05) is 12.1 Å². The molecule has 8 heteroatoms. The van der Waals surface area contributed by atoms with E-state index in [0.29, 0.717) is 29.6 Å². The van der Waals surface area contributed by atoms with Crippen molar-refractivity contribution in [2.75, 3.05) is 39.3 Å². The quantitative estimate of drug-likeness (QED) is 0.605. The zero-order chi connectivity index (χ0) is 19.8. The molecule has 1 aromatic heterocycles. The number of hydrogen-bond acceptors (Lipinski definition) is 5. The first kappa shape index (κ1) is 23.3. The van der Waals surface area contributed by atoms with Crippen LogP contribution in [0.5, 0.6) is 0 Å². The Bertz CT molecular complexity index is 849. The molecule has 1 saturated heterocycles. The first-order valence-electron chi connectivity index (χ1n) is 10.4. The fraction of sp³-hybridized carbons (Fsp3) is 0.571. The lowest BCUT2D eigenvalue weighted by molar-refractivity contribution is 0.0945. The number of benzene rings is 1. The number of hydrogen-bond donors (Lipinski definition) is 2. The van der Waals surface area contributed by atoms with Gasteiger partial charge in [0.1, 0.15) is 0 Å². The Morgan fingerprint density at radius 2 is 1.83 bits per heavy atom. The van der Waals surface area contributed by atoms with Crippen LogP contribution >= 0.6 is 12.4 Å². The van der Waals surface area contributed by atoms with Crippen LogP contribution in [0.2, 0.25) is 0 Å².